The summed E-state index contributed by atoms with van der Waals surface area (Å²) in [6.07, 6.45) is 4.71. The molecule has 320 valence electrons. The van der Waals surface area contributed by atoms with Crippen LogP contribution in [0.1, 0.15) is 40.5 Å². The van der Waals surface area contributed by atoms with Crippen molar-refractivity contribution in [3.63, 3.8) is 0 Å². The number of ether oxygens (including phenoxy) is 5. The maximum Gasteiger partial charge on any atom is 0.270 e. The molecular formula is C40H49FN4O12S2. The Bertz CT molecular complexity index is 2560. The number of hydrogen-bond acceptors (Lipinski definition) is 14. The van der Waals surface area contributed by atoms with Crippen molar-refractivity contribution in [1.29, 1.82) is 0 Å². The molecule has 16 nitrogen and oxygen atoms in total. The quantitative estimate of drug-likeness (QED) is 0.0952. The summed E-state index contributed by atoms with van der Waals surface area (Å²) in [6.45, 7) is 0.885. The third kappa shape index (κ3) is 10.6. The molecule has 2 heterocycles. The lowest BCUT2D eigenvalue weighted by Crippen LogP contribution is -2.16. The monoisotopic (exact) mass is 860 g/mol. The van der Waals surface area contributed by atoms with Gasteiger partial charge in [-0.05, 0) is 86.1 Å². The predicted octanol–water partition coefficient (Wildman–Crippen LogP) is 7.88. The molecule has 3 N–H and O–H groups in total. The van der Waals surface area contributed by atoms with Gasteiger partial charge in [-0.15, -0.1) is 0 Å². The lowest BCUT2D eigenvalue weighted by molar-refractivity contribution is 0.277. The van der Waals surface area contributed by atoms with Crippen molar-refractivity contribution < 1.29 is 59.1 Å². The molecule has 2 aliphatic rings. The van der Waals surface area contributed by atoms with Gasteiger partial charge < -0.3 is 37.8 Å². The highest BCUT2D eigenvalue weighted by molar-refractivity contribution is 7.93. The molecule has 0 bridgehead atoms. The van der Waals surface area contributed by atoms with E-state index in [-0.39, 0.29) is 48.6 Å². The molecule has 4 aromatic carbocycles. The predicted molar refractivity (Wildman–Crippen MR) is 220 cm³/mol. The zero-order valence-corrected chi connectivity index (χ0v) is 33.0. The molecule has 0 amide bonds. The molecule has 0 unspecified atom stereocenters. The minimum absolute atomic E-state index is 0. The average molecular weight is 861 g/mol. The second-order valence-electron chi connectivity index (χ2n) is 12.9. The van der Waals surface area contributed by atoms with Crippen LogP contribution in [0.5, 0.6) is 28.7 Å². The number of halogens is 1. The first-order valence-corrected chi connectivity index (χ1v) is 20.5. The van der Waals surface area contributed by atoms with E-state index < -0.39 is 30.8 Å². The maximum atomic E-state index is 14.1. The second-order valence-corrected chi connectivity index (χ2v) is 16.1. The van der Waals surface area contributed by atoms with Gasteiger partial charge in [0.25, 0.3) is 20.0 Å². The van der Waals surface area contributed by atoms with E-state index in [2.05, 4.69) is 19.8 Å². The maximum absolute atomic E-state index is 14.1. The van der Waals surface area contributed by atoms with Crippen LogP contribution < -0.4 is 33.1 Å². The van der Waals surface area contributed by atoms with E-state index in [0.29, 0.717) is 58.5 Å². The van der Waals surface area contributed by atoms with Crippen LogP contribution in [0.3, 0.4) is 0 Å². The Labute approximate surface area is 342 Å². The molecule has 0 saturated heterocycles. The average Bonchev–Trinajstić information content (AvgIpc) is 4.15. The normalized spacial score (nSPS) is 13.3. The Balaban J connectivity index is 0.000000228. The van der Waals surface area contributed by atoms with Crippen molar-refractivity contribution in [2.75, 3.05) is 51.1 Å². The number of rotatable bonds is 14. The molecular weight excluding hydrogens is 812 g/mol. The van der Waals surface area contributed by atoms with E-state index in [1.807, 2.05) is 0 Å². The van der Waals surface area contributed by atoms with Gasteiger partial charge in [-0.25, -0.2) is 21.2 Å². The van der Waals surface area contributed by atoms with Gasteiger partial charge in [0, 0.05) is 6.61 Å². The summed E-state index contributed by atoms with van der Waals surface area (Å²) in [5.41, 5.74) is 0.731. The van der Waals surface area contributed by atoms with E-state index in [0.717, 1.165) is 18.9 Å². The van der Waals surface area contributed by atoms with Gasteiger partial charge in [-0.1, -0.05) is 49.4 Å². The van der Waals surface area contributed by atoms with Gasteiger partial charge in [0.2, 0.25) is 0 Å². The first kappa shape index (κ1) is 45.9. The fraction of sp³-hybridized carbons (Fsp3) is 0.350. The van der Waals surface area contributed by atoms with Gasteiger partial charge in [0.1, 0.15) is 45.3 Å². The number of aromatic nitrogens is 2. The molecule has 2 fully saturated rings. The Kier molecular flexibility index (Phi) is 15.4. The summed E-state index contributed by atoms with van der Waals surface area (Å²) in [7, 11) is -2.80. The summed E-state index contributed by atoms with van der Waals surface area (Å²) in [5.74, 6) is 1.25. The highest BCUT2D eigenvalue weighted by Gasteiger charge is 2.30. The first-order valence-electron chi connectivity index (χ1n) is 17.6. The number of nitrogens with zero attached hydrogens (tertiary/aromatic N) is 2. The Morgan fingerprint density at radius 3 is 1.47 bits per heavy atom. The Morgan fingerprint density at radius 2 is 1.03 bits per heavy atom. The van der Waals surface area contributed by atoms with Crippen LogP contribution in [-0.4, -0.2) is 73.9 Å². The highest BCUT2D eigenvalue weighted by Crippen LogP contribution is 2.39. The van der Waals surface area contributed by atoms with Crippen LogP contribution in [0.4, 0.5) is 16.0 Å². The van der Waals surface area contributed by atoms with Crippen LogP contribution in [0.25, 0.3) is 21.9 Å². The number of fused-ring (bicyclic) bond motifs is 2. The standard InChI is InChI=1S/C19H20N2O6S.C15H13FN2O5S.C4H8O.2CH4/c1-24-13-5-3-6-14-17(13)19(20-27-14)21-28(22,23)18-15(25-2)7-4-8-16(18)26-11-12-9-10-12;1-21-10-6-4-7-11-13(10)15(17-23-11)18-24(19,20)14-9(16)5-3-8-12(14)22-2;5-3-4-1-2-4;;/h3-8,12H,9-11H2,1-2H3,(H,20,21);3-8H,1-2H3,(H,17,18);4-5H,1-3H2;2*1H4. The molecule has 0 radical (unpaired) electrons. The molecule has 59 heavy (non-hydrogen) atoms. The minimum Gasteiger partial charge on any atom is -0.496 e. The molecule has 8 rings (SSSR count). The lowest BCUT2D eigenvalue weighted by atomic mass is 10.2. The molecule has 6 aromatic rings. The van der Waals surface area contributed by atoms with E-state index in [9.17, 15) is 21.2 Å². The van der Waals surface area contributed by atoms with Crippen LogP contribution >= 0.6 is 0 Å². The molecule has 2 saturated carbocycles. The van der Waals surface area contributed by atoms with Crippen molar-refractivity contribution in [1.82, 2.24) is 10.3 Å². The van der Waals surface area contributed by atoms with Gasteiger partial charge in [-0.3, -0.25) is 9.44 Å². The molecule has 0 aliphatic heterocycles. The minimum atomic E-state index is -4.30. The van der Waals surface area contributed by atoms with Crippen LogP contribution in [0, 0.1) is 17.7 Å². The molecule has 2 aromatic heterocycles. The number of aliphatic hydroxyl groups is 1. The number of methoxy groups -OCH3 is 4. The van der Waals surface area contributed by atoms with Crippen molar-refractivity contribution >= 4 is 53.6 Å². The van der Waals surface area contributed by atoms with Crippen LogP contribution in [0.15, 0.2) is 91.6 Å². The molecule has 19 heteroatoms. The third-order valence-electron chi connectivity index (χ3n) is 8.80. The van der Waals surface area contributed by atoms with Crippen molar-refractivity contribution in [2.24, 2.45) is 11.8 Å². The van der Waals surface area contributed by atoms with Gasteiger partial charge in [-0.2, -0.15) is 0 Å². The fourth-order valence-corrected chi connectivity index (χ4v) is 8.04. The van der Waals surface area contributed by atoms with Gasteiger partial charge >= 0.3 is 0 Å². The molecule has 0 spiro atoms. The highest BCUT2D eigenvalue weighted by atomic mass is 32.2. The lowest BCUT2D eigenvalue weighted by Gasteiger charge is -2.15. The Hall–Kier alpha value is -5.79. The van der Waals surface area contributed by atoms with Gasteiger partial charge in [0.05, 0.1) is 35.0 Å². The van der Waals surface area contributed by atoms with E-state index in [1.165, 1.54) is 53.4 Å². The van der Waals surface area contributed by atoms with Crippen molar-refractivity contribution in [3.8, 4) is 28.7 Å². The summed E-state index contributed by atoms with van der Waals surface area (Å²) < 4.78 is 107. The van der Waals surface area contributed by atoms with E-state index >= 15 is 0 Å². The third-order valence-corrected chi connectivity index (χ3v) is 11.6. The van der Waals surface area contributed by atoms with E-state index in [4.69, 9.17) is 37.8 Å². The number of benzene rings is 4. The summed E-state index contributed by atoms with van der Waals surface area (Å²) in [5, 5.41) is 16.5. The SMILES string of the molecule is C.C.COc1cccc(F)c1S(=O)(=O)Nc1noc2cccc(OC)c12.COc1cccc(OCC2CC2)c1S(=O)(=O)Nc1noc2cccc(OC)c12.OCC1CC1. The zero-order chi connectivity index (χ0) is 40.7. The summed E-state index contributed by atoms with van der Waals surface area (Å²) >= 11 is 0. The number of sulfonamides is 2. The van der Waals surface area contributed by atoms with Crippen LogP contribution in [0.2, 0.25) is 0 Å². The molecule has 2 aliphatic carbocycles. The zero-order valence-electron chi connectivity index (χ0n) is 31.4. The number of nitrogens with one attached hydrogen (secondary N) is 2. The largest absolute Gasteiger partial charge is 0.496 e. The number of aliphatic hydroxyl groups excluding tert-OH is 1. The van der Waals surface area contributed by atoms with Gasteiger partial charge in [0.15, 0.2) is 32.6 Å². The smallest absolute Gasteiger partial charge is 0.270 e. The molecule has 0 atom stereocenters. The first-order chi connectivity index (χ1) is 27.4. The van der Waals surface area contributed by atoms with E-state index in [1.54, 1.807) is 54.6 Å². The second kappa shape index (κ2) is 19.8. The Morgan fingerprint density at radius 1 is 0.627 bits per heavy atom. The summed E-state index contributed by atoms with van der Waals surface area (Å²) in [4.78, 5) is -0.692. The topological polar surface area (TPSA) is 211 Å². The van der Waals surface area contributed by atoms with Crippen molar-refractivity contribution in [2.45, 2.75) is 50.3 Å². The van der Waals surface area contributed by atoms with Crippen molar-refractivity contribution in [3.05, 3.63) is 78.6 Å². The number of anilines is 2. The fourth-order valence-electron chi connectivity index (χ4n) is 5.50. The number of hydrogen-bond donors (Lipinski definition) is 3. The van der Waals surface area contributed by atoms with Crippen LogP contribution in [-0.2, 0) is 20.0 Å². The summed E-state index contributed by atoms with van der Waals surface area (Å²) in [6, 6.07) is 18.6.